The van der Waals surface area contributed by atoms with Gasteiger partial charge in [0.2, 0.25) is 5.91 Å². The van der Waals surface area contributed by atoms with Crippen LogP contribution in [0, 0.1) is 0 Å². The van der Waals surface area contributed by atoms with Crippen LogP contribution in [-0.2, 0) is 11.2 Å². The minimum atomic E-state index is -0.634. The lowest BCUT2D eigenvalue weighted by Gasteiger charge is -2.13. The van der Waals surface area contributed by atoms with E-state index in [1.807, 2.05) is 0 Å². The van der Waals surface area contributed by atoms with Crippen LogP contribution >= 0.6 is 23.2 Å². The third-order valence-electron chi connectivity index (χ3n) is 2.15. The Hall–Kier alpha value is -0.810. The first-order valence-electron chi connectivity index (χ1n) is 5.01. The van der Waals surface area contributed by atoms with Crippen LogP contribution in [0.15, 0.2) is 18.2 Å². The molecule has 3 N–H and O–H groups in total. The van der Waals surface area contributed by atoms with E-state index in [-0.39, 0.29) is 25.5 Å². The SMILES string of the molecule is O=C(Cc1ccc(Cl)c(Cl)c1)NC(CO)CO. The molecule has 4 nitrogen and oxygen atoms in total. The van der Waals surface area contributed by atoms with Crippen LogP contribution in [-0.4, -0.2) is 35.4 Å². The number of hydrogen-bond acceptors (Lipinski definition) is 3. The van der Waals surface area contributed by atoms with Crippen LogP contribution < -0.4 is 5.32 Å². The molecule has 0 aromatic heterocycles. The van der Waals surface area contributed by atoms with Gasteiger partial charge in [0.15, 0.2) is 0 Å². The molecule has 1 amide bonds. The largest absolute Gasteiger partial charge is 0.394 e. The number of nitrogens with one attached hydrogen (secondary N) is 1. The number of carbonyl (C=O) groups is 1. The van der Waals surface area contributed by atoms with Crippen molar-refractivity contribution in [1.82, 2.24) is 5.32 Å². The topological polar surface area (TPSA) is 69.6 Å². The maximum Gasteiger partial charge on any atom is 0.224 e. The first-order chi connectivity index (χ1) is 8.06. The summed E-state index contributed by atoms with van der Waals surface area (Å²) >= 11 is 11.6. The lowest BCUT2D eigenvalue weighted by molar-refractivity contribution is -0.121. The molecule has 0 fully saturated rings. The van der Waals surface area contributed by atoms with E-state index in [1.54, 1.807) is 18.2 Å². The second-order valence-corrected chi connectivity index (χ2v) is 4.37. The van der Waals surface area contributed by atoms with Crippen molar-refractivity contribution >= 4 is 29.1 Å². The Morgan fingerprint density at radius 2 is 1.88 bits per heavy atom. The molecule has 0 saturated carbocycles. The summed E-state index contributed by atoms with van der Waals surface area (Å²) in [6, 6.07) is 4.28. The summed E-state index contributed by atoms with van der Waals surface area (Å²) in [5, 5.41) is 20.9. The highest BCUT2D eigenvalue weighted by atomic mass is 35.5. The van der Waals surface area contributed by atoms with Crippen LogP contribution in [0.5, 0.6) is 0 Å². The van der Waals surface area contributed by atoms with Crippen molar-refractivity contribution in [3.05, 3.63) is 33.8 Å². The van der Waals surface area contributed by atoms with Crippen LogP contribution in [0.1, 0.15) is 5.56 Å². The number of halogens is 2. The lowest BCUT2D eigenvalue weighted by atomic mass is 10.1. The van der Waals surface area contributed by atoms with Gasteiger partial charge in [-0.1, -0.05) is 29.3 Å². The fraction of sp³-hybridized carbons (Fsp3) is 0.364. The first-order valence-corrected chi connectivity index (χ1v) is 5.77. The van der Waals surface area contributed by atoms with E-state index in [1.165, 1.54) is 0 Å². The highest BCUT2D eigenvalue weighted by Gasteiger charge is 2.11. The summed E-state index contributed by atoms with van der Waals surface area (Å²) in [7, 11) is 0. The Labute approximate surface area is 109 Å². The molecule has 17 heavy (non-hydrogen) atoms. The van der Waals surface area contributed by atoms with E-state index >= 15 is 0 Å². The van der Waals surface area contributed by atoms with Gasteiger partial charge in [-0.2, -0.15) is 0 Å². The van der Waals surface area contributed by atoms with E-state index in [2.05, 4.69) is 5.32 Å². The fourth-order valence-electron chi connectivity index (χ4n) is 1.26. The molecule has 0 spiro atoms. The summed E-state index contributed by atoms with van der Waals surface area (Å²) in [5.74, 6) is -0.295. The van der Waals surface area contributed by atoms with Gasteiger partial charge in [-0.05, 0) is 17.7 Å². The number of rotatable bonds is 5. The molecule has 0 heterocycles. The summed E-state index contributed by atoms with van der Waals surface area (Å²) in [5.41, 5.74) is 0.714. The van der Waals surface area contributed by atoms with Crippen molar-refractivity contribution in [3.63, 3.8) is 0 Å². The quantitative estimate of drug-likeness (QED) is 0.752. The smallest absolute Gasteiger partial charge is 0.224 e. The van der Waals surface area contributed by atoms with Gasteiger partial charge in [-0.3, -0.25) is 4.79 Å². The van der Waals surface area contributed by atoms with E-state index in [0.717, 1.165) is 0 Å². The Bertz CT molecular complexity index is 394. The van der Waals surface area contributed by atoms with Gasteiger partial charge in [0.1, 0.15) is 0 Å². The van der Waals surface area contributed by atoms with E-state index in [0.29, 0.717) is 15.6 Å². The Morgan fingerprint density at radius 1 is 1.24 bits per heavy atom. The molecule has 0 unspecified atom stereocenters. The van der Waals surface area contributed by atoms with Crippen molar-refractivity contribution in [2.24, 2.45) is 0 Å². The zero-order valence-corrected chi connectivity index (χ0v) is 10.5. The zero-order valence-electron chi connectivity index (χ0n) is 8.99. The van der Waals surface area contributed by atoms with Gasteiger partial charge in [0, 0.05) is 0 Å². The first kappa shape index (κ1) is 14.3. The van der Waals surface area contributed by atoms with Gasteiger partial charge in [0.05, 0.1) is 35.7 Å². The van der Waals surface area contributed by atoms with E-state index in [9.17, 15) is 4.79 Å². The Balaban J connectivity index is 2.58. The molecule has 94 valence electrons. The third kappa shape index (κ3) is 4.52. The molecule has 0 atom stereocenters. The molecular formula is C11H13Cl2NO3. The molecule has 0 bridgehead atoms. The van der Waals surface area contributed by atoms with Crippen LogP contribution in [0.3, 0.4) is 0 Å². The summed E-state index contributed by atoms with van der Waals surface area (Å²) < 4.78 is 0. The van der Waals surface area contributed by atoms with Gasteiger partial charge in [-0.25, -0.2) is 0 Å². The standard InChI is InChI=1S/C11H13Cl2NO3/c12-9-2-1-7(3-10(9)13)4-11(17)14-8(5-15)6-16/h1-3,8,15-16H,4-6H2,(H,14,17). The molecule has 0 radical (unpaired) electrons. The molecule has 1 aromatic carbocycles. The maximum atomic E-state index is 11.5. The number of carbonyl (C=O) groups excluding carboxylic acids is 1. The second kappa shape index (κ2) is 6.81. The molecule has 0 aliphatic carbocycles. The predicted octanol–water partition coefficient (Wildman–Crippen LogP) is 1.01. The summed E-state index contributed by atoms with van der Waals surface area (Å²) in [6.45, 7) is -0.604. The van der Waals surface area contributed by atoms with Crippen molar-refractivity contribution in [2.75, 3.05) is 13.2 Å². The lowest BCUT2D eigenvalue weighted by Crippen LogP contribution is -2.40. The summed E-state index contributed by atoms with van der Waals surface area (Å²) in [6.07, 6.45) is 0.118. The Kier molecular flexibility index (Phi) is 5.71. The average Bonchev–Trinajstić information content (AvgIpc) is 2.31. The average molecular weight is 278 g/mol. The molecule has 1 aromatic rings. The second-order valence-electron chi connectivity index (χ2n) is 3.55. The van der Waals surface area contributed by atoms with Gasteiger partial charge < -0.3 is 15.5 Å². The van der Waals surface area contributed by atoms with Crippen molar-refractivity contribution in [2.45, 2.75) is 12.5 Å². The van der Waals surface area contributed by atoms with Gasteiger partial charge in [0.25, 0.3) is 0 Å². The number of aliphatic hydroxyl groups excluding tert-OH is 2. The van der Waals surface area contributed by atoms with Crippen LogP contribution in [0.4, 0.5) is 0 Å². The molecular weight excluding hydrogens is 265 g/mol. The highest BCUT2D eigenvalue weighted by molar-refractivity contribution is 6.42. The van der Waals surface area contributed by atoms with Gasteiger partial charge >= 0.3 is 0 Å². The molecule has 0 aliphatic rings. The molecule has 6 heteroatoms. The minimum absolute atomic E-state index is 0.118. The number of aliphatic hydroxyl groups is 2. The van der Waals surface area contributed by atoms with Crippen molar-refractivity contribution in [3.8, 4) is 0 Å². The monoisotopic (exact) mass is 277 g/mol. The number of hydrogen-bond donors (Lipinski definition) is 3. The highest BCUT2D eigenvalue weighted by Crippen LogP contribution is 2.22. The van der Waals surface area contributed by atoms with Crippen LogP contribution in [0.25, 0.3) is 0 Å². The minimum Gasteiger partial charge on any atom is -0.394 e. The number of amides is 1. The van der Waals surface area contributed by atoms with Crippen LogP contribution in [0.2, 0.25) is 10.0 Å². The summed E-state index contributed by atoms with van der Waals surface area (Å²) in [4.78, 5) is 11.5. The third-order valence-corrected chi connectivity index (χ3v) is 2.89. The fourth-order valence-corrected chi connectivity index (χ4v) is 1.58. The van der Waals surface area contributed by atoms with Crippen molar-refractivity contribution < 1.29 is 15.0 Å². The van der Waals surface area contributed by atoms with E-state index < -0.39 is 6.04 Å². The Morgan fingerprint density at radius 3 is 2.41 bits per heavy atom. The normalized spacial score (nSPS) is 10.6. The van der Waals surface area contributed by atoms with Crippen molar-refractivity contribution in [1.29, 1.82) is 0 Å². The predicted molar refractivity (Wildman–Crippen MR) is 66.3 cm³/mol. The number of benzene rings is 1. The maximum absolute atomic E-state index is 11.5. The molecule has 1 rings (SSSR count). The zero-order chi connectivity index (χ0) is 12.8. The molecule has 0 saturated heterocycles. The van der Waals surface area contributed by atoms with E-state index in [4.69, 9.17) is 33.4 Å². The molecule has 0 aliphatic heterocycles. The van der Waals surface area contributed by atoms with Gasteiger partial charge in [-0.15, -0.1) is 0 Å².